The predicted molar refractivity (Wildman–Crippen MR) is 160 cm³/mol. The molecule has 2 aliphatic carbocycles. The maximum absolute atomic E-state index is 2.76. The molecule has 178 valence electrons. The molecule has 3 aliphatic heterocycles. The first-order valence-electron chi connectivity index (χ1n) is 13.9. The van der Waals surface area contributed by atoms with Gasteiger partial charge in [0.25, 0.3) is 0 Å². The smallest absolute Gasteiger partial charge is 0.248 e. The maximum Gasteiger partial charge on any atom is 0.248 e. The van der Waals surface area contributed by atoms with Crippen LogP contribution in [0, 0.1) is 0 Å². The number of nitrogens with zero attached hydrogens (tertiary/aromatic N) is 2. The Morgan fingerprint density at radius 1 is 0.868 bits per heavy atom. The lowest BCUT2D eigenvalue weighted by atomic mass is 9.30. The Bertz CT molecular complexity index is 2050. The van der Waals surface area contributed by atoms with Crippen LogP contribution < -0.4 is 15.8 Å². The van der Waals surface area contributed by atoms with E-state index in [9.17, 15) is 0 Å². The van der Waals surface area contributed by atoms with Gasteiger partial charge in [-0.25, -0.2) is 0 Å². The SMILES string of the molecule is CC1(C)C2=C(c3ccccc31)N1c3c(cc4c5ccccc5n5c4c3B2c2ccccc2-5)C2=CC=CCC21. The van der Waals surface area contributed by atoms with Gasteiger partial charge < -0.3 is 9.47 Å². The fourth-order valence-corrected chi connectivity index (χ4v) is 8.67. The van der Waals surface area contributed by atoms with Gasteiger partial charge in [0.2, 0.25) is 6.71 Å². The van der Waals surface area contributed by atoms with Crippen molar-refractivity contribution in [2.24, 2.45) is 0 Å². The van der Waals surface area contributed by atoms with Crippen LogP contribution in [-0.2, 0) is 5.41 Å². The number of rotatable bonds is 0. The quantitative estimate of drug-likeness (QED) is 0.228. The lowest BCUT2D eigenvalue weighted by Crippen LogP contribution is -2.57. The number of benzene rings is 4. The number of allylic oxidation sites excluding steroid dienone is 3. The van der Waals surface area contributed by atoms with Crippen molar-refractivity contribution in [2.75, 3.05) is 4.90 Å². The summed E-state index contributed by atoms with van der Waals surface area (Å²) in [5.41, 5.74) is 17.2. The molecule has 0 fully saturated rings. The molecule has 0 amide bonds. The van der Waals surface area contributed by atoms with Crippen molar-refractivity contribution in [3.8, 4) is 5.69 Å². The molecule has 10 rings (SSSR count). The van der Waals surface area contributed by atoms with Gasteiger partial charge in [0.1, 0.15) is 0 Å². The molecular weight excluding hydrogens is 459 g/mol. The largest absolute Gasteiger partial charge is 0.334 e. The second-order valence-corrected chi connectivity index (χ2v) is 12.0. The Morgan fingerprint density at radius 3 is 2.63 bits per heavy atom. The predicted octanol–water partition coefficient (Wildman–Crippen LogP) is 6.49. The summed E-state index contributed by atoms with van der Waals surface area (Å²) in [7, 11) is 0. The third-order valence-electron chi connectivity index (χ3n) is 10.1. The van der Waals surface area contributed by atoms with Gasteiger partial charge in [-0.05, 0) is 46.7 Å². The first-order chi connectivity index (χ1) is 18.7. The number of anilines is 1. The van der Waals surface area contributed by atoms with E-state index in [1.165, 1.54) is 72.1 Å². The van der Waals surface area contributed by atoms with Gasteiger partial charge in [-0.15, -0.1) is 0 Å². The standard InChI is InChI=1S/C35H25BN2/c1-35(2)25-14-6-3-13-22(25)33-34(35)36-26-15-7-10-18-29(26)37-27-16-8-4-11-20(27)23-19-24-21-12-5-9-17-28(21)38(33)32(24)30(36)31(23)37/h3-16,18-19,28H,17H2,1-2H3. The molecule has 4 heterocycles. The fourth-order valence-electron chi connectivity index (χ4n) is 8.67. The second kappa shape index (κ2) is 6.24. The van der Waals surface area contributed by atoms with E-state index in [2.05, 4.69) is 120 Å². The first-order valence-corrected chi connectivity index (χ1v) is 13.9. The zero-order chi connectivity index (χ0) is 24.9. The van der Waals surface area contributed by atoms with Crippen molar-refractivity contribution in [2.45, 2.75) is 31.7 Å². The van der Waals surface area contributed by atoms with E-state index in [-0.39, 0.29) is 12.1 Å². The lowest BCUT2D eigenvalue weighted by Gasteiger charge is -2.42. The highest BCUT2D eigenvalue weighted by Crippen LogP contribution is 2.58. The number of aromatic nitrogens is 1. The van der Waals surface area contributed by atoms with E-state index in [1.54, 1.807) is 5.47 Å². The van der Waals surface area contributed by atoms with E-state index in [0.29, 0.717) is 6.04 Å². The molecule has 5 aromatic rings. The highest BCUT2D eigenvalue weighted by atomic mass is 15.2. The van der Waals surface area contributed by atoms with Crippen LogP contribution in [0.1, 0.15) is 37.0 Å². The maximum atomic E-state index is 2.76. The monoisotopic (exact) mass is 484 g/mol. The van der Waals surface area contributed by atoms with Crippen molar-refractivity contribution < 1.29 is 0 Å². The average molecular weight is 484 g/mol. The van der Waals surface area contributed by atoms with Crippen molar-refractivity contribution >= 4 is 56.4 Å². The molecule has 0 bridgehead atoms. The zero-order valence-electron chi connectivity index (χ0n) is 21.5. The minimum absolute atomic E-state index is 0.0606. The summed E-state index contributed by atoms with van der Waals surface area (Å²) in [6, 6.07) is 30.2. The molecule has 4 aromatic carbocycles. The summed E-state index contributed by atoms with van der Waals surface area (Å²) in [5.74, 6) is 0. The Labute approximate surface area is 222 Å². The van der Waals surface area contributed by atoms with Gasteiger partial charge in [0.05, 0.1) is 17.1 Å². The summed E-state index contributed by atoms with van der Waals surface area (Å²) >= 11 is 0. The minimum atomic E-state index is -0.0606. The van der Waals surface area contributed by atoms with Gasteiger partial charge in [-0.2, -0.15) is 0 Å². The van der Waals surface area contributed by atoms with Gasteiger partial charge >= 0.3 is 0 Å². The van der Waals surface area contributed by atoms with Gasteiger partial charge in [-0.3, -0.25) is 0 Å². The summed E-state index contributed by atoms with van der Waals surface area (Å²) in [5, 5.41) is 2.75. The van der Waals surface area contributed by atoms with Crippen LogP contribution in [0.5, 0.6) is 0 Å². The van der Waals surface area contributed by atoms with Crippen LogP contribution in [0.2, 0.25) is 0 Å². The molecule has 5 aliphatic rings. The van der Waals surface area contributed by atoms with Crippen LogP contribution in [0.25, 0.3) is 38.8 Å². The molecule has 0 saturated heterocycles. The highest BCUT2D eigenvalue weighted by Gasteiger charge is 2.55. The molecule has 2 nitrogen and oxygen atoms in total. The third kappa shape index (κ3) is 1.96. The minimum Gasteiger partial charge on any atom is -0.334 e. The van der Waals surface area contributed by atoms with Crippen molar-refractivity contribution in [3.05, 3.63) is 119 Å². The molecule has 3 heteroatoms. The molecule has 0 N–H and O–H groups in total. The molecule has 1 unspecified atom stereocenters. The van der Waals surface area contributed by atoms with Gasteiger partial charge in [0.15, 0.2) is 0 Å². The van der Waals surface area contributed by atoms with Crippen molar-refractivity contribution in [1.29, 1.82) is 0 Å². The Morgan fingerprint density at radius 2 is 1.68 bits per heavy atom. The molecule has 38 heavy (non-hydrogen) atoms. The van der Waals surface area contributed by atoms with Crippen LogP contribution in [0.4, 0.5) is 5.69 Å². The molecular formula is C35H25BN2. The number of hydrogen-bond donors (Lipinski definition) is 0. The van der Waals surface area contributed by atoms with E-state index in [0.717, 1.165) is 6.42 Å². The van der Waals surface area contributed by atoms with Crippen LogP contribution in [0.3, 0.4) is 0 Å². The average Bonchev–Trinajstić information content (AvgIpc) is 3.55. The van der Waals surface area contributed by atoms with Crippen LogP contribution >= 0.6 is 0 Å². The number of hydrogen-bond acceptors (Lipinski definition) is 1. The summed E-state index contributed by atoms with van der Waals surface area (Å²) in [6.07, 6.45) is 8.05. The lowest BCUT2D eigenvalue weighted by molar-refractivity contribution is 0.665. The summed E-state index contributed by atoms with van der Waals surface area (Å²) < 4.78 is 2.57. The zero-order valence-corrected chi connectivity index (χ0v) is 21.5. The van der Waals surface area contributed by atoms with Gasteiger partial charge in [0, 0.05) is 44.4 Å². The molecule has 0 spiro atoms. The van der Waals surface area contributed by atoms with E-state index >= 15 is 0 Å². The van der Waals surface area contributed by atoms with E-state index in [4.69, 9.17) is 0 Å². The third-order valence-corrected chi connectivity index (χ3v) is 10.1. The van der Waals surface area contributed by atoms with Gasteiger partial charge in [-0.1, -0.05) is 98.2 Å². The number of para-hydroxylation sites is 2. The number of fused-ring (bicyclic) bond motifs is 13. The van der Waals surface area contributed by atoms with E-state index < -0.39 is 0 Å². The van der Waals surface area contributed by atoms with E-state index in [1.807, 2.05) is 0 Å². The second-order valence-electron chi connectivity index (χ2n) is 12.0. The molecule has 1 aromatic heterocycles. The topological polar surface area (TPSA) is 8.17 Å². The first kappa shape index (κ1) is 19.8. The van der Waals surface area contributed by atoms with Crippen molar-refractivity contribution in [3.63, 3.8) is 0 Å². The molecule has 1 atom stereocenters. The summed E-state index contributed by atoms with van der Waals surface area (Å²) in [4.78, 5) is 2.76. The highest BCUT2D eigenvalue weighted by molar-refractivity contribution is 6.96. The fraction of sp³-hybridized carbons (Fsp3) is 0.143. The summed E-state index contributed by atoms with van der Waals surface area (Å²) in [6.45, 7) is 5.16. The Balaban J connectivity index is 1.48. The van der Waals surface area contributed by atoms with Crippen molar-refractivity contribution in [1.82, 2.24) is 4.57 Å². The molecule has 0 saturated carbocycles. The van der Waals surface area contributed by atoms with Crippen LogP contribution in [-0.4, -0.2) is 17.3 Å². The molecule has 0 radical (unpaired) electrons. The Kier molecular flexibility index (Phi) is 3.26. The van der Waals surface area contributed by atoms with Crippen LogP contribution in [0.15, 0.2) is 103 Å². The Hall–Kier alpha value is -4.24. The normalized spacial score (nSPS) is 20.6.